The van der Waals surface area contributed by atoms with E-state index in [1.807, 2.05) is 30.3 Å². The summed E-state index contributed by atoms with van der Waals surface area (Å²) in [5, 5.41) is 10.3. The topological polar surface area (TPSA) is 116 Å². The summed E-state index contributed by atoms with van der Waals surface area (Å²) in [7, 11) is -3.80. The third-order valence-electron chi connectivity index (χ3n) is 6.50. The molecule has 1 aliphatic rings. The van der Waals surface area contributed by atoms with Crippen LogP contribution in [0.15, 0.2) is 71.6 Å². The van der Waals surface area contributed by atoms with Crippen molar-refractivity contribution in [3.63, 3.8) is 0 Å². The molecule has 202 valence electrons. The number of anilines is 1. The molecule has 3 aromatic rings. The normalized spacial score (nSPS) is 15.7. The van der Waals surface area contributed by atoms with Gasteiger partial charge in [-0.2, -0.15) is 0 Å². The Morgan fingerprint density at radius 1 is 0.921 bits per heavy atom. The molecule has 1 fully saturated rings. The number of fused-ring (bicyclic) bond motifs is 1. The minimum atomic E-state index is -3.80. The lowest BCUT2D eigenvalue weighted by Crippen LogP contribution is -2.48. The van der Waals surface area contributed by atoms with Gasteiger partial charge >= 0.3 is 0 Å². The second kappa shape index (κ2) is 11.6. The van der Waals surface area contributed by atoms with Crippen molar-refractivity contribution in [2.75, 3.05) is 18.4 Å². The largest absolute Gasteiger partial charge is 0.344 e. The Bertz CT molecular complexity index is 1400. The molecule has 8 nitrogen and oxygen atoms in total. The van der Waals surface area contributed by atoms with Crippen LogP contribution in [-0.2, 0) is 26.0 Å². The average Bonchev–Trinajstić information content (AvgIpc) is 2.88. The molecule has 2 amide bonds. The Labute approximate surface area is 224 Å². The zero-order valence-electron chi connectivity index (χ0n) is 22.1. The van der Waals surface area contributed by atoms with Gasteiger partial charge in [0.1, 0.15) is 6.04 Å². The summed E-state index contributed by atoms with van der Waals surface area (Å²) >= 11 is 0. The first-order valence-corrected chi connectivity index (χ1v) is 14.4. The standard InChI is InChI=1S/C29H36N4O4S/c1-29(2,3)33-38(36,37)26-14-8-11-22-23(26)12-7-13-24(22)31-28(35)25(19-20-9-5-4-6-10-20)32-27(34)21-15-17-30-18-16-21/h4-14,21,25,30,33H,15-19H2,1-3H3,(H,31,35)(H,32,34)/t25-/m0/s1. The van der Waals surface area contributed by atoms with Gasteiger partial charge in [-0.05, 0) is 64.4 Å². The first-order valence-electron chi connectivity index (χ1n) is 12.9. The van der Waals surface area contributed by atoms with Crippen molar-refractivity contribution < 1.29 is 18.0 Å². The second-order valence-corrected chi connectivity index (χ2v) is 12.4. The maximum Gasteiger partial charge on any atom is 0.247 e. The van der Waals surface area contributed by atoms with Crippen LogP contribution in [-0.4, -0.2) is 44.9 Å². The predicted octanol–water partition coefficient (Wildman–Crippen LogP) is 3.58. The van der Waals surface area contributed by atoms with E-state index in [1.54, 1.807) is 57.2 Å². The van der Waals surface area contributed by atoms with Crippen LogP contribution < -0.4 is 20.7 Å². The first kappa shape index (κ1) is 27.8. The van der Waals surface area contributed by atoms with E-state index in [0.29, 0.717) is 22.9 Å². The van der Waals surface area contributed by atoms with E-state index in [1.165, 1.54) is 0 Å². The quantitative estimate of drug-likeness (QED) is 0.351. The third kappa shape index (κ3) is 6.98. The molecule has 9 heteroatoms. The summed E-state index contributed by atoms with van der Waals surface area (Å²) in [6.07, 6.45) is 1.80. The molecule has 1 aliphatic heterocycles. The van der Waals surface area contributed by atoms with E-state index in [2.05, 4.69) is 20.7 Å². The maximum absolute atomic E-state index is 13.6. The lowest BCUT2D eigenvalue weighted by molar-refractivity contribution is -0.129. The molecule has 1 heterocycles. The monoisotopic (exact) mass is 536 g/mol. The number of hydrogen-bond donors (Lipinski definition) is 4. The molecule has 0 bridgehead atoms. The van der Waals surface area contributed by atoms with Crippen LogP contribution >= 0.6 is 0 Å². The fourth-order valence-corrected chi connectivity index (χ4v) is 6.38. The Balaban J connectivity index is 1.62. The van der Waals surface area contributed by atoms with Gasteiger partial charge in [-0.1, -0.05) is 54.6 Å². The van der Waals surface area contributed by atoms with Crippen LogP contribution in [0.4, 0.5) is 5.69 Å². The van der Waals surface area contributed by atoms with Crippen LogP contribution in [0.2, 0.25) is 0 Å². The van der Waals surface area contributed by atoms with Crippen molar-refractivity contribution in [2.45, 2.75) is 56.5 Å². The summed E-state index contributed by atoms with van der Waals surface area (Å²) in [5.74, 6) is -0.616. The highest BCUT2D eigenvalue weighted by Crippen LogP contribution is 2.29. The summed E-state index contributed by atoms with van der Waals surface area (Å²) in [4.78, 5) is 26.8. The van der Waals surface area contributed by atoms with E-state index < -0.39 is 21.6 Å². The Morgan fingerprint density at radius 2 is 1.58 bits per heavy atom. The number of amides is 2. The zero-order valence-corrected chi connectivity index (χ0v) is 22.9. The number of carbonyl (C=O) groups is 2. The van der Waals surface area contributed by atoms with E-state index >= 15 is 0 Å². The number of rotatable bonds is 8. The maximum atomic E-state index is 13.6. The third-order valence-corrected chi connectivity index (χ3v) is 8.31. The molecular weight excluding hydrogens is 500 g/mol. The van der Waals surface area contributed by atoms with Crippen LogP contribution in [0.25, 0.3) is 10.8 Å². The van der Waals surface area contributed by atoms with Crippen LogP contribution in [0.3, 0.4) is 0 Å². The van der Waals surface area contributed by atoms with Gasteiger partial charge in [0.05, 0.1) is 4.90 Å². The molecule has 4 rings (SSSR count). The molecule has 4 N–H and O–H groups in total. The van der Waals surface area contributed by atoms with Gasteiger partial charge in [-0.3, -0.25) is 9.59 Å². The number of benzene rings is 3. The van der Waals surface area contributed by atoms with Gasteiger partial charge < -0.3 is 16.0 Å². The Hall–Kier alpha value is -3.27. The number of carbonyl (C=O) groups excluding carboxylic acids is 2. The molecule has 1 saturated heterocycles. The average molecular weight is 537 g/mol. The minimum Gasteiger partial charge on any atom is -0.344 e. The van der Waals surface area contributed by atoms with Gasteiger partial charge in [0.2, 0.25) is 21.8 Å². The fraction of sp³-hybridized carbons (Fsp3) is 0.379. The molecule has 0 aliphatic carbocycles. The SMILES string of the molecule is CC(C)(C)NS(=O)(=O)c1cccc2c(NC(=O)[C@H](Cc3ccccc3)NC(=O)C3CCNCC3)cccc12. The summed E-state index contributed by atoms with van der Waals surface area (Å²) in [6, 6.07) is 18.9. The molecule has 1 atom stereocenters. The van der Waals surface area contributed by atoms with Gasteiger partial charge in [0, 0.05) is 34.3 Å². The van der Waals surface area contributed by atoms with Gasteiger partial charge in [-0.25, -0.2) is 13.1 Å². The van der Waals surface area contributed by atoms with Gasteiger partial charge in [0.15, 0.2) is 0 Å². The second-order valence-electron chi connectivity index (χ2n) is 10.8. The molecule has 3 aromatic carbocycles. The molecule has 0 aromatic heterocycles. The van der Waals surface area contributed by atoms with Gasteiger partial charge in [0.25, 0.3) is 0 Å². The highest BCUT2D eigenvalue weighted by atomic mass is 32.2. The molecule has 0 unspecified atom stereocenters. The van der Waals surface area contributed by atoms with Crippen molar-refractivity contribution in [1.82, 2.24) is 15.4 Å². The number of hydrogen-bond acceptors (Lipinski definition) is 5. The van der Waals surface area contributed by atoms with Gasteiger partial charge in [-0.15, -0.1) is 0 Å². The highest BCUT2D eigenvalue weighted by molar-refractivity contribution is 7.89. The lowest BCUT2D eigenvalue weighted by atomic mass is 9.96. The number of sulfonamides is 1. The molecule has 0 spiro atoms. The highest BCUT2D eigenvalue weighted by Gasteiger charge is 2.28. The van der Waals surface area contributed by atoms with Crippen molar-refractivity contribution in [2.24, 2.45) is 5.92 Å². The number of nitrogens with one attached hydrogen (secondary N) is 4. The summed E-state index contributed by atoms with van der Waals surface area (Å²) in [6.45, 7) is 6.91. The van der Waals surface area contributed by atoms with Crippen LogP contribution in [0.5, 0.6) is 0 Å². The van der Waals surface area contributed by atoms with E-state index in [0.717, 1.165) is 31.5 Å². The van der Waals surface area contributed by atoms with E-state index in [9.17, 15) is 18.0 Å². The van der Waals surface area contributed by atoms with E-state index in [4.69, 9.17) is 0 Å². The molecular formula is C29H36N4O4S. The summed E-state index contributed by atoms with van der Waals surface area (Å²) in [5.41, 5.74) is 0.761. The Kier molecular flexibility index (Phi) is 8.50. The van der Waals surface area contributed by atoms with Crippen molar-refractivity contribution >= 4 is 38.3 Å². The van der Waals surface area contributed by atoms with Crippen LogP contribution in [0.1, 0.15) is 39.2 Å². The van der Waals surface area contributed by atoms with Crippen LogP contribution in [0, 0.1) is 5.92 Å². The number of piperidine rings is 1. The Morgan fingerprint density at radius 3 is 2.26 bits per heavy atom. The van der Waals surface area contributed by atoms with E-state index in [-0.39, 0.29) is 22.6 Å². The smallest absolute Gasteiger partial charge is 0.247 e. The van der Waals surface area contributed by atoms with Crippen molar-refractivity contribution in [3.05, 3.63) is 72.3 Å². The van der Waals surface area contributed by atoms with Crippen molar-refractivity contribution in [3.8, 4) is 0 Å². The molecule has 0 radical (unpaired) electrons. The zero-order chi connectivity index (χ0) is 27.3. The predicted molar refractivity (Wildman–Crippen MR) is 150 cm³/mol. The minimum absolute atomic E-state index is 0.123. The first-order chi connectivity index (χ1) is 18.0. The summed E-state index contributed by atoms with van der Waals surface area (Å²) < 4.78 is 29.0. The molecule has 0 saturated carbocycles. The fourth-order valence-electron chi connectivity index (χ4n) is 4.74. The molecule has 38 heavy (non-hydrogen) atoms. The lowest BCUT2D eigenvalue weighted by Gasteiger charge is -2.25. The van der Waals surface area contributed by atoms with Crippen molar-refractivity contribution in [1.29, 1.82) is 0 Å².